The number of aryl methyl sites for hydroxylation is 3. The summed E-state index contributed by atoms with van der Waals surface area (Å²) < 4.78 is 28.8. The Morgan fingerprint density at radius 1 is 1.35 bits per heavy atom. The zero-order valence-electron chi connectivity index (χ0n) is 11.4. The van der Waals surface area contributed by atoms with Gasteiger partial charge in [0.25, 0.3) is 10.0 Å². The van der Waals surface area contributed by atoms with E-state index in [1.165, 1.54) is 22.4 Å². The first-order valence-corrected chi connectivity index (χ1v) is 8.77. The Kier molecular flexibility index (Phi) is 3.29. The van der Waals surface area contributed by atoms with Gasteiger partial charge in [0.05, 0.1) is 17.6 Å². The summed E-state index contributed by atoms with van der Waals surface area (Å²) in [5, 5.41) is 4.43. The second-order valence-corrected chi connectivity index (χ2v) is 7.65. The number of nitrogens with one attached hydrogen (secondary N) is 1. The van der Waals surface area contributed by atoms with Crippen LogP contribution in [0.3, 0.4) is 0 Å². The van der Waals surface area contributed by atoms with E-state index in [1.54, 1.807) is 18.7 Å². The van der Waals surface area contributed by atoms with Crippen LogP contribution in [0.25, 0.3) is 0 Å². The Morgan fingerprint density at radius 2 is 2.10 bits per heavy atom. The molecule has 6 nitrogen and oxygen atoms in total. The van der Waals surface area contributed by atoms with Crippen molar-refractivity contribution in [3.63, 3.8) is 0 Å². The minimum absolute atomic E-state index is 0.202. The molecule has 2 aromatic rings. The molecule has 0 spiro atoms. The summed E-state index contributed by atoms with van der Waals surface area (Å²) in [4.78, 5) is 5.81. The van der Waals surface area contributed by atoms with Gasteiger partial charge in [0.2, 0.25) is 0 Å². The second kappa shape index (κ2) is 4.85. The number of nitrogens with zero attached hydrogens (tertiary/aromatic N) is 3. The van der Waals surface area contributed by atoms with Crippen LogP contribution in [0.2, 0.25) is 0 Å². The van der Waals surface area contributed by atoms with Crippen molar-refractivity contribution in [2.24, 2.45) is 7.05 Å². The van der Waals surface area contributed by atoms with Gasteiger partial charge in [0.1, 0.15) is 4.90 Å². The van der Waals surface area contributed by atoms with E-state index in [0.29, 0.717) is 10.8 Å². The number of fused-ring (bicyclic) bond motifs is 1. The van der Waals surface area contributed by atoms with Gasteiger partial charge in [0, 0.05) is 11.9 Å². The van der Waals surface area contributed by atoms with Crippen LogP contribution in [0.15, 0.2) is 11.1 Å². The lowest BCUT2D eigenvalue weighted by molar-refractivity contribution is 0.600. The fourth-order valence-electron chi connectivity index (χ4n) is 2.31. The standard InChI is InChI=1S/C12H16N4O2S2/c1-8-11(7-13-16(8)2)20(17,18)15-12-14-9-5-3-4-6-10(9)19-12/h7H,3-6H2,1-2H3,(H,14,15). The fraction of sp³-hybridized carbons (Fsp3) is 0.500. The Hall–Kier alpha value is -1.41. The molecule has 0 fully saturated rings. The quantitative estimate of drug-likeness (QED) is 0.938. The minimum Gasteiger partial charge on any atom is -0.272 e. The number of sulfonamides is 1. The summed E-state index contributed by atoms with van der Waals surface area (Å²) in [5.74, 6) is 0. The van der Waals surface area contributed by atoms with Crippen LogP contribution in [0.4, 0.5) is 5.13 Å². The van der Waals surface area contributed by atoms with Gasteiger partial charge >= 0.3 is 0 Å². The molecule has 8 heteroatoms. The van der Waals surface area contributed by atoms with Crippen LogP contribution in [-0.2, 0) is 29.9 Å². The van der Waals surface area contributed by atoms with Crippen LogP contribution in [0.5, 0.6) is 0 Å². The molecule has 0 aromatic carbocycles. The molecular weight excluding hydrogens is 296 g/mol. The Labute approximate surface area is 121 Å². The first-order chi connectivity index (χ1) is 9.47. The van der Waals surface area contributed by atoms with Crippen molar-refractivity contribution in [3.05, 3.63) is 22.5 Å². The third kappa shape index (κ3) is 2.33. The zero-order chi connectivity index (χ0) is 14.3. The molecule has 0 atom stereocenters. The monoisotopic (exact) mass is 312 g/mol. The maximum Gasteiger partial charge on any atom is 0.267 e. The van der Waals surface area contributed by atoms with E-state index < -0.39 is 10.0 Å². The molecule has 20 heavy (non-hydrogen) atoms. The Bertz CT molecular complexity index is 722. The lowest BCUT2D eigenvalue weighted by atomic mass is 10.0. The first-order valence-electron chi connectivity index (χ1n) is 6.47. The van der Waals surface area contributed by atoms with Crippen molar-refractivity contribution < 1.29 is 8.42 Å². The molecule has 0 radical (unpaired) electrons. The molecule has 0 unspecified atom stereocenters. The largest absolute Gasteiger partial charge is 0.272 e. The van der Waals surface area contributed by atoms with Crippen LogP contribution < -0.4 is 4.72 Å². The van der Waals surface area contributed by atoms with Gasteiger partial charge in [0.15, 0.2) is 5.13 Å². The lowest BCUT2D eigenvalue weighted by Gasteiger charge is -2.06. The van der Waals surface area contributed by atoms with Gasteiger partial charge in [-0.3, -0.25) is 9.40 Å². The average molecular weight is 312 g/mol. The topological polar surface area (TPSA) is 76.9 Å². The fourth-order valence-corrected chi connectivity index (χ4v) is 4.80. The molecule has 1 aliphatic carbocycles. The van der Waals surface area contributed by atoms with E-state index >= 15 is 0 Å². The van der Waals surface area contributed by atoms with Crippen LogP contribution in [-0.4, -0.2) is 23.2 Å². The van der Waals surface area contributed by atoms with Crippen LogP contribution in [0, 0.1) is 6.92 Å². The normalized spacial score (nSPS) is 15.1. The van der Waals surface area contributed by atoms with Crippen molar-refractivity contribution in [2.75, 3.05) is 4.72 Å². The van der Waals surface area contributed by atoms with Crippen molar-refractivity contribution in [3.8, 4) is 0 Å². The summed E-state index contributed by atoms with van der Waals surface area (Å²) in [6.45, 7) is 1.73. The summed E-state index contributed by atoms with van der Waals surface area (Å²) >= 11 is 1.44. The van der Waals surface area contributed by atoms with E-state index in [-0.39, 0.29) is 4.90 Å². The summed E-state index contributed by atoms with van der Waals surface area (Å²) in [7, 11) is -1.89. The molecular formula is C12H16N4O2S2. The highest BCUT2D eigenvalue weighted by atomic mass is 32.2. The molecule has 0 amide bonds. The smallest absolute Gasteiger partial charge is 0.267 e. The highest BCUT2D eigenvalue weighted by Gasteiger charge is 2.23. The Morgan fingerprint density at radius 3 is 2.75 bits per heavy atom. The maximum atomic E-state index is 12.4. The van der Waals surface area contributed by atoms with Gasteiger partial charge < -0.3 is 0 Å². The number of thiazole rings is 1. The van der Waals surface area contributed by atoms with Crippen molar-refractivity contribution >= 4 is 26.5 Å². The number of hydrogen-bond donors (Lipinski definition) is 1. The van der Waals surface area contributed by atoms with Crippen LogP contribution >= 0.6 is 11.3 Å². The van der Waals surface area contributed by atoms with Gasteiger partial charge in [-0.25, -0.2) is 13.4 Å². The number of rotatable bonds is 3. The molecule has 108 valence electrons. The predicted molar refractivity (Wildman–Crippen MR) is 77.5 cm³/mol. The molecule has 0 saturated carbocycles. The lowest BCUT2D eigenvalue weighted by Crippen LogP contribution is -2.13. The molecule has 0 aliphatic heterocycles. The van der Waals surface area contributed by atoms with E-state index in [0.717, 1.165) is 31.4 Å². The van der Waals surface area contributed by atoms with E-state index in [4.69, 9.17) is 0 Å². The SMILES string of the molecule is Cc1c(S(=O)(=O)Nc2nc3c(s2)CCCC3)cnn1C. The minimum atomic E-state index is -3.61. The highest BCUT2D eigenvalue weighted by Crippen LogP contribution is 2.31. The zero-order valence-corrected chi connectivity index (χ0v) is 13.0. The van der Waals surface area contributed by atoms with E-state index in [1.807, 2.05) is 0 Å². The molecule has 2 heterocycles. The van der Waals surface area contributed by atoms with Gasteiger partial charge in [-0.1, -0.05) is 0 Å². The molecule has 2 aromatic heterocycles. The number of aromatic nitrogens is 3. The average Bonchev–Trinajstić information content (AvgIpc) is 2.93. The molecule has 3 rings (SSSR count). The second-order valence-electron chi connectivity index (χ2n) is 4.92. The Balaban J connectivity index is 1.90. The summed E-state index contributed by atoms with van der Waals surface area (Å²) in [6, 6.07) is 0. The van der Waals surface area contributed by atoms with Gasteiger partial charge in [-0.15, -0.1) is 11.3 Å². The molecule has 1 aliphatic rings. The van der Waals surface area contributed by atoms with Crippen LogP contribution in [0.1, 0.15) is 29.1 Å². The number of anilines is 1. The van der Waals surface area contributed by atoms with E-state index in [2.05, 4.69) is 14.8 Å². The molecule has 1 N–H and O–H groups in total. The van der Waals surface area contributed by atoms with E-state index in [9.17, 15) is 8.42 Å². The van der Waals surface area contributed by atoms with Crippen molar-refractivity contribution in [2.45, 2.75) is 37.5 Å². The van der Waals surface area contributed by atoms with Crippen molar-refractivity contribution in [1.29, 1.82) is 0 Å². The third-order valence-electron chi connectivity index (χ3n) is 3.55. The van der Waals surface area contributed by atoms with Gasteiger partial charge in [-0.2, -0.15) is 5.10 Å². The summed E-state index contributed by atoms with van der Waals surface area (Å²) in [5.41, 5.74) is 1.65. The third-order valence-corrected chi connectivity index (χ3v) is 6.19. The maximum absolute atomic E-state index is 12.4. The van der Waals surface area contributed by atoms with Crippen molar-refractivity contribution in [1.82, 2.24) is 14.8 Å². The predicted octanol–water partition coefficient (Wildman–Crippen LogP) is 1.86. The first kappa shape index (κ1) is 13.6. The van der Waals surface area contributed by atoms with Gasteiger partial charge in [-0.05, 0) is 32.6 Å². The highest BCUT2D eigenvalue weighted by molar-refractivity contribution is 7.93. The number of hydrogen-bond acceptors (Lipinski definition) is 5. The molecule has 0 saturated heterocycles. The molecule has 0 bridgehead atoms. The summed E-state index contributed by atoms with van der Waals surface area (Å²) in [6.07, 6.45) is 5.60.